The molecule has 3 rings (SSSR count). The number of sulfonamides is 1. The van der Waals surface area contributed by atoms with Crippen LogP contribution >= 0.6 is 0 Å². The van der Waals surface area contributed by atoms with E-state index in [1.54, 1.807) is 29.2 Å². The number of benzene rings is 2. The summed E-state index contributed by atoms with van der Waals surface area (Å²) in [5.41, 5.74) is 1.39. The zero-order valence-corrected chi connectivity index (χ0v) is 19.4. The zero-order chi connectivity index (χ0) is 24.0. The molecule has 178 valence electrons. The third kappa shape index (κ3) is 7.08. The molecule has 0 saturated carbocycles. The van der Waals surface area contributed by atoms with Crippen molar-refractivity contribution in [2.45, 2.75) is 43.9 Å². The van der Waals surface area contributed by atoms with Crippen LogP contribution in [-0.2, 0) is 26.1 Å². The Balaban J connectivity index is 1.44. The molecule has 0 aliphatic carbocycles. The van der Waals surface area contributed by atoms with Crippen LogP contribution in [0, 0.1) is 5.82 Å². The molecule has 0 spiro atoms. The zero-order valence-electron chi connectivity index (χ0n) is 18.6. The van der Waals surface area contributed by atoms with E-state index in [1.807, 2.05) is 13.8 Å². The smallest absolute Gasteiger partial charge is 0.254 e. The molecule has 1 aliphatic heterocycles. The molecule has 33 heavy (non-hydrogen) atoms. The Bertz CT molecular complexity index is 1060. The Kier molecular flexibility index (Phi) is 8.17. The van der Waals surface area contributed by atoms with E-state index in [0.717, 1.165) is 29.8 Å². The van der Waals surface area contributed by atoms with Gasteiger partial charge in [0.2, 0.25) is 15.9 Å². The normalized spacial score (nSPS) is 18.7. The summed E-state index contributed by atoms with van der Waals surface area (Å²) in [7, 11) is -3.81. The highest BCUT2D eigenvalue weighted by Gasteiger charge is 2.26. The van der Waals surface area contributed by atoms with Crippen LogP contribution in [0.3, 0.4) is 0 Å². The van der Waals surface area contributed by atoms with Crippen molar-refractivity contribution in [3.63, 3.8) is 0 Å². The van der Waals surface area contributed by atoms with Crippen molar-refractivity contribution >= 4 is 21.8 Å². The summed E-state index contributed by atoms with van der Waals surface area (Å²) < 4.78 is 45.2. The van der Waals surface area contributed by atoms with Crippen molar-refractivity contribution < 1.29 is 27.1 Å². The summed E-state index contributed by atoms with van der Waals surface area (Å²) >= 11 is 0. The second kappa shape index (κ2) is 10.9. The molecule has 2 unspecified atom stereocenters. The second-order valence-corrected chi connectivity index (χ2v) is 9.81. The number of amides is 2. The number of morpholine rings is 1. The molecule has 2 aromatic rings. The maximum Gasteiger partial charge on any atom is 0.254 e. The second-order valence-electron chi connectivity index (χ2n) is 8.04. The van der Waals surface area contributed by atoms with Gasteiger partial charge in [0.25, 0.3) is 5.91 Å². The van der Waals surface area contributed by atoms with Crippen molar-refractivity contribution in [1.82, 2.24) is 14.9 Å². The van der Waals surface area contributed by atoms with Crippen molar-refractivity contribution in [1.29, 1.82) is 0 Å². The predicted octanol–water partition coefficient (Wildman–Crippen LogP) is 2.06. The molecule has 1 saturated heterocycles. The average Bonchev–Trinajstić information content (AvgIpc) is 2.77. The van der Waals surface area contributed by atoms with Gasteiger partial charge in [-0.3, -0.25) is 9.59 Å². The van der Waals surface area contributed by atoms with Gasteiger partial charge >= 0.3 is 0 Å². The lowest BCUT2D eigenvalue weighted by molar-refractivity contribution is -0.121. The minimum atomic E-state index is -3.81. The number of nitrogens with zero attached hydrogens (tertiary/aromatic N) is 1. The Morgan fingerprint density at radius 3 is 2.24 bits per heavy atom. The van der Waals surface area contributed by atoms with Gasteiger partial charge in [0.15, 0.2) is 0 Å². The maximum absolute atomic E-state index is 12.9. The molecule has 2 amide bonds. The first-order valence-corrected chi connectivity index (χ1v) is 12.2. The quantitative estimate of drug-likeness (QED) is 0.606. The number of ether oxygens (including phenoxy) is 1. The van der Waals surface area contributed by atoms with E-state index < -0.39 is 15.8 Å². The van der Waals surface area contributed by atoms with E-state index >= 15 is 0 Å². The summed E-state index contributed by atoms with van der Waals surface area (Å²) in [6.07, 6.45) is -0.0654. The van der Waals surface area contributed by atoms with Crippen molar-refractivity contribution in [3.8, 4) is 0 Å². The lowest BCUT2D eigenvalue weighted by Gasteiger charge is -2.35. The van der Waals surface area contributed by atoms with E-state index in [0.29, 0.717) is 18.7 Å². The molecule has 2 N–H and O–H groups in total. The molecule has 8 nitrogen and oxygen atoms in total. The molecule has 2 aromatic carbocycles. The number of rotatable bonds is 8. The Morgan fingerprint density at radius 1 is 1.03 bits per heavy atom. The third-order valence-corrected chi connectivity index (χ3v) is 6.64. The van der Waals surface area contributed by atoms with Crippen molar-refractivity contribution in [2.75, 3.05) is 19.6 Å². The van der Waals surface area contributed by atoms with Gasteiger partial charge in [-0.15, -0.1) is 0 Å². The van der Waals surface area contributed by atoms with Crippen LogP contribution in [0.1, 0.15) is 36.2 Å². The molecule has 0 aromatic heterocycles. The van der Waals surface area contributed by atoms with Crippen LogP contribution in [0.2, 0.25) is 0 Å². The summed E-state index contributed by atoms with van der Waals surface area (Å²) in [6.45, 7) is 5.14. The maximum atomic E-state index is 12.9. The van der Waals surface area contributed by atoms with Gasteiger partial charge in [-0.05, 0) is 55.8 Å². The van der Waals surface area contributed by atoms with E-state index in [4.69, 9.17) is 4.74 Å². The number of hydrogen-bond acceptors (Lipinski definition) is 5. The number of hydrogen-bond donors (Lipinski definition) is 2. The predicted molar refractivity (Wildman–Crippen MR) is 120 cm³/mol. The fraction of sp³-hybridized carbons (Fsp3) is 0.391. The molecule has 1 aliphatic rings. The van der Waals surface area contributed by atoms with Crippen LogP contribution in [0.4, 0.5) is 4.39 Å². The summed E-state index contributed by atoms with van der Waals surface area (Å²) in [4.78, 5) is 26.5. The van der Waals surface area contributed by atoms with Gasteiger partial charge in [-0.1, -0.05) is 12.1 Å². The van der Waals surface area contributed by atoms with Gasteiger partial charge in [0.05, 0.1) is 17.1 Å². The molecule has 2 atom stereocenters. The van der Waals surface area contributed by atoms with Gasteiger partial charge in [-0.25, -0.2) is 17.5 Å². The third-order valence-electron chi connectivity index (χ3n) is 5.17. The van der Waals surface area contributed by atoms with Crippen LogP contribution in [0.5, 0.6) is 0 Å². The minimum absolute atomic E-state index is 0.00708. The largest absolute Gasteiger partial charge is 0.372 e. The number of carbonyl (C=O) groups excluding carboxylic acids is 2. The molecule has 0 radical (unpaired) electrons. The Labute approximate surface area is 193 Å². The fourth-order valence-electron chi connectivity index (χ4n) is 3.58. The van der Waals surface area contributed by atoms with Gasteiger partial charge in [0.1, 0.15) is 5.82 Å². The lowest BCUT2D eigenvalue weighted by atomic mass is 10.1. The van der Waals surface area contributed by atoms with E-state index in [9.17, 15) is 22.4 Å². The number of carbonyl (C=O) groups is 2. The first-order valence-electron chi connectivity index (χ1n) is 10.7. The summed E-state index contributed by atoms with van der Waals surface area (Å²) in [6, 6.07) is 11.4. The van der Waals surface area contributed by atoms with E-state index in [2.05, 4.69) is 10.0 Å². The monoisotopic (exact) mass is 477 g/mol. The minimum Gasteiger partial charge on any atom is -0.372 e. The van der Waals surface area contributed by atoms with Crippen molar-refractivity contribution in [3.05, 3.63) is 65.5 Å². The van der Waals surface area contributed by atoms with Crippen molar-refractivity contribution in [2.24, 2.45) is 0 Å². The van der Waals surface area contributed by atoms with Gasteiger partial charge < -0.3 is 15.0 Å². The first kappa shape index (κ1) is 24.8. The van der Waals surface area contributed by atoms with E-state index in [-0.39, 0.29) is 48.4 Å². The SMILES string of the molecule is CC1CN(C(=O)c2ccc(CNC(=O)CCNS(=O)(=O)c3ccc(F)cc3)cc2)CC(C)O1. The van der Waals surface area contributed by atoms with Crippen LogP contribution < -0.4 is 10.0 Å². The Morgan fingerprint density at radius 2 is 1.64 bits per heavy atom. The van der Waals surface area contributed by atoms with Gasteiger partial charge in [-0.2, -0.15) is 0 Å². The number of nitrogens with one attached hydrogen (secondary N) is 2. The topological polar surface area (TPSA) is 105 Å². The van der Waals surface area contributed by atoms with E-state index in [1.165, 1.54) is 0 Å². The van der Waals surface area contributed by atoms with Gasteiger partial charge in [0, 0.05) is 38.2 Å². The first-order chi connectivity index (χ1) is 15.6. The standard InChI is InChI=1S/C23H28FN3O5S/c1-16-14-27(15-17(2)32-16)23(29)19-5-3-18(4-6-19)13-25-22(28)11-12-26-33(30,31)21-9-7-20(24)8-10-21/h3-10,16-17,26H,11-15H2,1-2H3,(H,25,28). The van der Waals surface area contributed by atoms with Crippen LogP contribution in [0.25, 0.3) is 0 Å². The highest BCUT2D eigenvalue weighted by molar-refractivity contribution is 7.89. The molecular formula is C23H28FN3O5S. The van der Waals surface area contributed by atoms with Crippen LogP contribution in [0.15, 0.2) is 53.4 Å². The Hall–Kier alpha value is -2.82. The number of halogens is 1. The lowest BCUT2D eigenvalue weighted by Crippen LogP contribution is -2.48. The highest BCUT2D eigenvalue weighted by atomic mass is 32.2. The molecule has 0 bridgehead atoms. The molecular weight excluding hydrogens is 449 g/mol. The summed E-state index contributed by atoms with van der Waals surface area (Å²) in [5, 5.41) is 2.72. The fourth-order valence-corrected chi connectivity index (χ4v) is 4.61. The molecule has 1 heterocycles. The summed E-state index contributed by atoms with van der Waals surface area (Å²) in [5.74, 6) is -0.912. The molecule has 10 heteroatoms. The molecule has 1 fully saturated rings. The van der Waals surface area contributed by atoms with Crippen LogP contribution in [-0.4, -0.2) is 57.0 Å². The average molecular weight is 478 g/mol. The highest BCUT2D eigenvalue weighted by Crippen LogP contribution is 2.15.